The van der Waals surface area contributed by atoms with Gasteiger partial charge in [0.05, 0.1) is 0 Å². The molecule has 2 aliphatic rings. The topological polar surface area (TPSA) is 62.0 Å². The van der Waals surface area contributed by atoms with Gasteiger partial charge in [0.2, 0.25) is 0 Å². The van der Waals surface area contributed by atoms with Gasteiger partial charge in [0.25, 0.3) is 11.5 Å². The maximum absolute atomic E-state index is 12.2. The van der Waals surface area contributed by atoms with E-state index in [1.54, 1.807) is 12.1 Å². The third kappa shape index (κ3) is 1.98. The van der Waals surface area contributed by atoms with Gasteiger partial charge in [0.15, 0.2) is 0 Å². The first-order valence-corrected chi connectivity index (χ1v) is 7.32. The molecular weight excluding hydrogens is 264 g/mol. The van der Waals surface area contributed by atoms with Crippen LogP contribution in [0.2, 0.25) is 0 Å². The molecule has 106 valence electrons. The van der Waals surface area contributed by atoms with Crippen molar-refractivity contribution in [1.82, 2.24) is 10.3 Å². The molecule has 2 aliphatic carbocycles. The van der Waals surface area contributed by atoms with Crippen LogP contribution in [0, 0.1) is 5.92 Å². The number of fused-ring (bicyclic) bond motifs is 3. The number of aromatic amines is 1. The molecule has 1 amide bonds. The predicted octanol–water partition coefficient (Wildman–Crippen LogP) is 1.83. The molecule has 0 bridgehead atoms. The molecule has 1 saturated carbocycles. The number of hydrogen-bond acceptors (Lipinski definition) is 2. The van der Waals surface area contributed by atoms with Crippen molar-refractivity contribution in [3.8, 4) is 0 Å². The average Bonchev–Trinajstić information content (AvgIpc) is 3.21. The van der Waals surface area contributed by atoms with E-state index in [1.165, 1.54) is 17.3 Å². The normalized spacial score (nSPS) is 25.6. The zero-order valence-electron chi connectivity index (χ0n) is 11.5. The van der Waals surface area contributed by atoms with Gasteiger partial charge >= 0.3 is 0 Å². The summed E-state index contributed by atoms with van der Waals surface area (Å²) in [6, 6.07) is 11.9. The minimum Gasteiger partial charge on any atom is -0.348 e. The first-order chi connectivity index (χ1) is 10.3. The number of carbonyl (C=O) groups is 1. The van der Waals surface area contributed by atoms with Gasteiger partial charge in [-0.05, 0) is 42.0 Å². The van der Waals surface area contributed by atoms with Crippen LogP contribution in [-0.2, 0) is 6.42 Å². The quantitative estimate of drug-likeness (QED) is 0.881. The molecule has 1 fully saturated rings. The largest absolute Gasteiger partial charge is 0.348 e. The van der Waals surface area contributed by atoms with Crippen molar-refractivity contribution in [2.24, 2.45) is 5.92 Å². The molecular formula is C17H16N2O2. The standard InChI is InChI=1S/C17H16N2O2/c20-16-13(6-3-9-18-16)17(21)19-15-12-8-7-10-4-1-2-5-11(10)14(12)15/h1-6,9,12,14-15H,7-8H2,(H,18,20)(H,19,21)/t12-,14+,15+/m0/s1. The van der Waals surface area contributed by atoms with E-state index in [4.69, 9.17) is 0 Å². The van der Waals surface area contributed by atoms with Crippen molar-refractivity contribution in [3.05, 3.63) is 69.6 Å². The van der Waals surface area contributed by atoms with Crippen LogP contribution in [0.15, 0.2) is 47.4 Å². The molecule has 1 aromatic heterocycles. The summed E-state index contributed by atoms with van der Waals surface area (Å²) in [7, 11) is 0. The Bertz CT molecular complexity index is 765. The zero-order chi connectivity index (χ0) is 14.4. The van der Waals surface area contributed by atoms with Crippen LogP contribution in [0.5, 0.6) is 0 Å². The van der Waals surface area contributed by atoms with Crippen LogP contribution in [-0.4, -0.2) is 16.9 Å². The van der Waals surface area contributed by atoms with Crippen LogP contribution >= 0.6 is 0 Å². The number of amides is 1. The first kappa shape index (κ1) is 12.4. The Hall–Kier alpha value is -2.36. The Balaban J connectivity index is 1.55. The fourth-order valence-corrected chi connectivity index (χ4v) is 3.59. The lowest BCUT2D eigenvalue weighted by atomic mass is 9.92. The number of carbonyl (C=O) groups excluding carboxylic acids is 1. The van der Waals surface area contributed by atoms with Crippen LogP contribution in [0.1, 0.15) is 33.8 Å². The highest BCUT2D eigenvalue weighted by Crippen LogP contribution is 2.54. The van der Waals surface area contributed by atoms with E-state index in [9.17, 15) is 9.59 Å². The highest BCUT2D eigenvalue weighted by atomic mass is 16.2. The molecule has 0 unspecified atom stereocenters. The summed E-state index contributed by atoms with van der Waals surface area (Å²) in [5.41, 5.74) is 2.61. The number of hydrogen-bond donors (Lipinski definition) is 2. The van der Waals surface area contributed by atoms with Crippen LogP contribution < -0.4 is 10.9 Å². The van der Waals surface area contributed by atoms with Gasteiger partial charge in [-0.3, -0.25) is 9.59 Å². The molecule has 2 aromatic rings. The zero-order valence-corrected chi connectivity index (χ0v) is 11.5. The number of nitrogens with one attached hydrogen (secondary N) is 2. The van der Waals surface area contributed by atoms with Gasteiger partial charge < -0.3 is 10.3 Å². The first-order valence-electron chi connectivity index (χ1n) is 7.32. The second-order valence-electron chi connectivity index (χ2n) is 5.84. The highest BCUT2D eigenvalue weighted by molar-refractivity contribution is 5.94. The van der Waals surface area contributed by atoms with Crippen LogP contribution in [0.25, 0.3) is 0 Å². The fraction of sp³-hybridized carbons (Fsp3) is 0.294. The fourth-order valence-electron chi connectivity index (χ4n) is 3.59. The Kier molecular flexibility index (Phi) is 2.70. The highest BCUT2D eigenvalue weighted by Gasteiger charge is 2.53. The Labute approximate surface area is 122 Å². The summed E-state index contributed by atoms with van der Waals surface area (Å²) in [6.07, 6.45) is 3.72. The molecule has 4 nitrogen and oxygen atoms in total. The van der Waals surface area contributed by atoms with Crippen LogP contribution in [0.3, 0.4) is 0 Å². The summed E-state index contributed by atoms with van der Waals surface area (Å²) in [4.78, 5) is 26.4. The molecule has 0 aliphatic heterocycles. The molecule has 0 radical (unpaired) electrons. The molecule has 1 aromatic carbocycles. The second kappa shape index (κ2) is 4.58. The number of aryl methyl sites for hydroxylation is 1. The van der Waals surface area contributed by atoms with E-state index in [1.807, 2.05) is 0 Å². The summed E-state index contributed by atoms with van der Waals surface area (Å²) >= 11 is 0. The van der Waals surface area contributed by atoms with Gasteiger partial charge in [-0.15, -0.1) is 0 Å². The number of pyridine rings is 1. The van der Waals surface area contributed by atoms with Gasteiger partial charge in [0, 0.05) is 18.2 Å². The molecule has 0 spiro atoms. The maximum atomic E-state index is 12.2. The van der Waals surface area contributed by atoms with Crippen molar-refractivity contribution in [1.29, 1.82) is 0 Å². The third-order valence-electron chi connectivity index (χ3n) is 4.69. The Morgan fingerprint density at radius 1 is 1.19 bits per heavy atom. The maximum Gasteiger partial charge on any atom is 0.260 e. The van der Waals surface area contributed by atoms with Gasteiger partial charge in [0.1, 0.15) is 5.56 Å². The van der Waals surface area contributed by atoms with E-state index in [0.29, 0.717) is 11.8 Å². The summed E-state index contributed by atoms with van der Waals surface area (Å²) in [5.74, 6) is 0.669. The van der Waals surface area contributed by atoms with E-state index >= 15 is 0 Å². The number of aromatic nitrogens is 1. The molecule has 2 N–H and O–H groups in total. The average molecular weight is 280 g/mol. The van der Waals surface area contributed by atoms with E-state index < -0.39 is 0 Å². The van der Waals surface area contributed by atoms with Crippen molar-refractivity contribution < 1.29 is 4.79 Å². The number of benzene rings is 1. The lowest BCUT2D eigenvalue weighted by Crippen LogP contribution is -2.32. The smallest absolute Gasteiger partial charge is 0.260 e. The lowest BCUT2D eigenvalue weighted by molar-refractivity contribution is 0.0947. The van der Waals surface area contributed by atoms with Gasteiger partial charge in [-0.1, -0.05) is 24.3 Å². The third-order valence-corrected chi connectivity index (χ3v) is 4.69. The summed E-state index contributed by atoms with van der Waals surface area (Å²) in [6.45, 7) is 0. The van der Waals surface area contributed by atoms with Crippen molar-refractivity contribution in [2.45, 2.75) is 24.8 Å². The number of H-pyrrole nitrogens is 1. The monoisotopic (exact) mass is 280 g/mol. The Morgan fingerprint density at radius 2 is 2.05 bits per heavy atom. The molecule has 4 rings (SSSR count). The molecule has 21 heavy (non-hydrogen) atoms. The minimum absolute atomic E-state index is 0.167. The molecule has 0 saturated heterocycles. The molecule has 3 atom stereocenters. The molecule has 1 heterocycles. The number of rotatable bonds is 2. The van der Waals surface area contributed by atoms with E-state index in [0.717, 1.165) is 12.8 Å². The summed E-state index contributed by atoms with van der Waals surface area (Å²) < 4.78 is 0. The van der Waals surface area contributed by atoms with Crippen molar-refractivity contribution in [3.63, 3.8) is 0 Å². The lowest BCUT2D eigenvalue weighted by Gasteiger charge is -2.13. The van der Waals surface area contributed by atoms with E-state index in [-0.39, 0.29) is 23.1 Å². The van der Waals surface area contributed by atoms with Gasteiger partial charge in [-0.25, -0.2) is 0 Å². The van der Waals surface area contributed by atoms with Gasteiger partial charge in [-0.2, -0.15) is 0 Å². The molecule has 4 heteroatoms. The predicted molar refractivity (Wildman–Crippen MR) is 79.3 cm³/mol. The SMILES string of the molecule is O=C(N[C@@H]1[C@H]2CCc3ccccc3[C@H]21)c1ccc[nH]c1=O. The Morgan fingerprint density at radius 3 is 2.90 bits per heavy atom. The van der Waals surface area contributed by atoms with Crippen molar-refractivity contribution in [2.75, 3.05) is 0 Å². The second-order valence-corrected chi connectivity index (χ2v) is 5.84. The van der Waals surface area contributed by atoms with Crippen molar-refractivity contribution >= 4 is 5.91 Å². The van der Waals surface area contributed by atoms with Crippen LogP contribution in [0.4, 0.5) is 0 Å². The minimum atomic E-state index is -0.334. The summed E-state index contributed by atoms with van der Waals surface area (Å²) in [5, 5.41) is 3.03. The van der Waals surface area contributed by atoms with E-state index in [2.05, 4.69) is 34.6 Å².